The zero-order valence-electron chi connectivity index (χ0n) is 11.4. The monoisotopic (exact) mass is 261 g/mol. The molecule has 2 rings (SSSR count). The van der Waals surface area contributed by atoms with Gasteiger partial charge in [-0.15, -0.1) is 0 Å². The molecule has 1 aromatic heterocycles. The van der Waals surface area contributed by atoms with Crippen molar-refractivity contribution in [2.75, 3.05) is 13.7 Å². The van der Waals surface area contributed by atoms with Gasteiger partial charge in [-0.3, -0.25) is 4.79 Å². The van der Waals surface area contributed by atoms with Gasteiger partial charge >= 0.3 is 0 Å². The van der Waals surface area contributed by atoms with Crippen LogP contribution < -0.4 is 15.8 Å². The van der Waals surface area contributed by atoms with E-state index in [4.69, 9.17) is 10.5 Å². The molecule has 1 aromatic carbocycles. The second-order valence-electron chi connectivity index (χ2n) is 4.65. The summed E-state index contributed by atoms with van der Waals surface area (Å²) in [7, 11) is 1.61. The Morgan fingerprint density at radius 1 is 1.53 bits per heavy atom. The lowest BCUT2D eigenvalue weighted by atomic mass is 10.1. The minimum absolute atomic E-state index is 0.0533. The van der Waals surface area contributed by atoms with Crippen LogP contribution in [0, 0.1) is 6.92 Å². The number of ether oxygens (including phenoxy) is 1. The van der Waals surface area contributed by atoms with Crippen LogP contribution in [0.2, 0.25) is 0 Å². The van der Waals surface area contributed by atoms with E-state index in [1.54, 1.807) is 7.11 Å². The van der Waals surface area contributed by atoms with Crippen LogP contribution in [0.1, 0.15) is 23.0 Å². The number of hydrogen-bond acceptors (Lipinski definition) is 3. The number of methoxy groups -OCH3 is 1. The number of nitrogens with two attached hydrogens (primary N) is 1. The van der Waals surface area contributed by atoms with E-state index in [1.807, 2.05) is 32.0 Å². The summed E-state index contributed by atoms with van der Waals surface area (Å²) >= 11 is 0. The van der Waals surface area contributed by atoms with Crippen molar-refractivity contribution in [1.29, 1.82) is 0 Å². The summed E-state index contributed by atoms with van der Waals surface area (Å²) in [5, 5.41) is 3.74. The molecule has 5 heteroatoms. The minimum atomic E-state index is -0.116. The van der Waals surface area contributed by atoms with Crippen LogP contribution in [0.3, 0.4) is 0 Å². The lowest BCUT2D eigenvalue weighted by Crippen LogP contribution is -2.37. The number of benzene rings is 1. The average Bonchev–Trinajstić information content (AvgIpc) is 2.73. The molecule has 1 atom stereocenters. The van der Waals surface area contributed by atoms with Crippen LogP contribution in [0.25, 0.3) is 10.9 Å². The number of aryl methyl sites for hydroxylation is 1. The third kappa shape index (κ3) is 2.56. The van der Waals surface area contributed by atoms with Crippen LogP contribution in [-0.2, 0) is 0 Å². The van der Waals surface area contributed by atoms with Crippen molar-refractivity contribution in [3.05, 3.63) is 29.5 Å². The molecule has 0 fully saturated rings. The highest BCUT2D eigenvalue weighted by atomic mass is 16.5. The van der Waals surface area contributed by atoms with E-state index in [-0.39, 0.29) is 11.9 Å². The first-order chi connectivity index (χ1) is 9.06. The maximum absolute atomic E-state index is 12.3. The molecule has 0 spiro atoms. The molecule has 1 amide bonds. The second-order valence-corrected chi connectivity index (χ2v) is 4.65. The zero-order valence-corrected chi connectivity index (χ0v) is 11.4. The summed E-state index contributed by atoms with van der Waals surface area (Å²) in [5.41, 5.74) is 7.93. The first kappa shape index (κ1) is 13.4. The number of carbonyl (C=O) groups is 1. The van der Waals surface area contributed by atoms with E-state index < -0.39 is 0 Å². The molecule has 0 bridgehead atoms. The first-order valence-electron chi connectivity index (χ1n) is 6.24. The number of fused-ring (bicyclic) bond motifs is 1. The Balaban J connectivity index is 2.46. The molecule has 5 nitrogen and oxygen atoms in total. The molecule has 2 aromatic rings. The Labute approximate surface area is 112 Å². The van der Waals surface area contributed by atoms with Crippen LogP contribution in [0.4, 0.5) is 0 Å². The standard InChI is InChI=1S/C14H19N3O2/c1-8(7-15)16-14(18)13-9(2)17-12-5-4-10(19-3)6-11(12)13/h4-6,8,17H,7,15H2,1-3H3,(H,16,18). The number of H-pyrrole nitrogens is 1. The maximum atomic E-state index is 12.3. The quantitative estimate of drug-likeness (QED) is 0.781. The number of amides is 1. The predicted octanol–water partition coefficient (Wildman–Crippen LogP) is 1.56. The first-order valence-corrected chi connectivity index (χ1v) is 6.24. The summed E-state index contributed by atoms with van der Waals surface area (Å²) < 4.78 is 5.20. The Kier molecular flexibility index (Phi) is 3.76. The van der Waals surface area contributed by atoms with Crippen molar-refractivity contribution in [1.82, 2.24) is 10.3 Å². The van der Waals surface area contributed by atoms with E-state index in [0.29, 0.717) is 12.1 Å². The third-order valence-corrected chi connectivity index (χ3v) is 3.15. The number of hydrogen-bond donors (Lipinski definition) is 3. The molecule has 1 unspecified atom stereocenters. The summed E-state index contributed by atoms with van der Waals surface area (Å²) in [6.45, 7) is 4.17. The molecule has 1 heterocycles. The van der Waals surface area contributed by atoms with Gasteiger partial charge in [0.05, 0.1) is 12.7 Å². The number of rotatable bonds is 4. The highest BCUT2D eigenvalue weighted by Gasteiger charge is 2.17. The highest BCUT2D eigenvalue weighted by molar-refractivity contribution is 6.08. The summed E-state index contributed by atoms with van der Waals surface area (Å²) in [4.78, 5) is 15.5. The van der Waals surface area contributed by atoms with Crippen molar-refractivity contribution in [2.45, 2.75) is 19.9 Å². The minimum Gasteiger partial charge on any atom is -0.497 e. The van der Waals surface area contributed by atoms with Crippen molar-refractivity contribution < 1.29 is 9.53 Å². The van der Waals surface area contributed by atoms with Gasteiger partial charge in [0, 0.05) is 29.2 Å². The van der Waals surface area contributed by atoms with E-state index in [1.165, 1.54) is 0 Å². The maximum Gasteiger partial charge on any atom is 0.253 e. The van der Waals surface area contributed by atoms with Gasteiger partial charge in [-0.1, -0.05) is 0 Å². The van der Waals surface area contributed by atoms with E-state index in [0.717, 1.165) is 22.3 Å². The fraction of sp³-hybridized carbons (Fsp3) is 0.357. The van der Waals surface area contributed by atoms with Gasteiger partial charge in [-0.25, -0.2) is 0 Å². The Morgan fingerprint density at radius 2 is 2.26 bits per heavy atom. The van der Waals surface area contributed by atoms with Gasteiger partial charge in [0.1, 0.15) is 5.75 Å². The second kappa shape index (κ2) is 5.32. The highest BCUT2D eigenvalue weighted by Crippen LogP contribution is 2.26. The fourth-order valence-electron chi connectivity index (χ4n) is 2.08. The van der Waals surface area contributed by atoms with Crippen molar-refractivity contribution in [2.24, 2.45) is 5.73 Å². The van der Waals surface area contributed by atoms with Gasteiger partial charge in [0.2, 0.25) is 0 Å². The number of nitrogens with one attached hydrogen (secondary N) is 2. The molecule has 0 aliphatic rings. The molecule has 0 aliphatic carbocycles. The Hall–Kier alpha value is -2.01. The van der Waals surface area contributed by atoms with Crippen molar-refractivity contribution in [3.63, 3.8) is 0 Å². The van der Waals surface area contributed by atoms with Crippen LogP contribution in [-0.4, -0.2) is 30.6 Å². The van der Waals surface area contributed by atoms with Gasteiger partial charge in [0.25, 0.3) is 5.91 Å². The Morgan fingerprint density at radius 3 is 2.89 bits per heavy atom. The average molecular weight is 261 g/mol. The largest absolute Gasteiger partial charge is 0.497 e. The Bertz CT molecular complexity index is 604. The zero-order chi connectivity index (χ0) is 14.0. The van der Waals surface area contributed by atoms with E-state index >= 15 is 0 Å². The lowest BCUT2D eigenvalue weighted by molar-refractivity contribution is 0.0942. The van der Waals surface area contributed by atoms with Crippen molar-refractivity contribution in [3.8, 4) is 5.75 Å². The fourth-order valence-corrected chi connectivity index (χ4v) is 2.08. The summed E-state index contributed by atoms with van der Waals surface area (Å²) in [6.07, 6.45) is 0. The van der Waals surface area contributed by atoms with E-state index in [9.17, 15) is 4.79 Å². The van der Waals surface area contributed by atoms with Gasteiger partial charge in [0.15, 0.2) is 0 Å². The van der Waals surface area contributed by atoms with Gasteiger partial charge in [-0.2, -0.15) is 0 Å². The van der Waals surface area contributed by atoms with Gasteiger partial charge < -0.3 is 20.8 Å². The molecule has 0 radical (unpaired) electrons. The molecule has 0 saturated heterocycles. The van der Waals surface area contributed by atoms with Crippen LogP contribution in [0.5, 0.6) is 5.75 Å². The molecule has 102 valence electrons. The van der Waals surface area contributed by atoms with E-state index in [2.05, 4.69) is 10.3 Å². The number of carbonyl (C=O) groups excluding carboxylic acids is 1. The summed E-state index contributed by atoms with van der Waals surface area (Å²) in [6, 6.07) is 5.58. The third-order valence-electron chi connectivity index (χ3n) is 3.15. The topological polar surface area (TPSA) is 80.1 Å². The van der Waals surface area contributed by atoms with Crippen LogP contribution in [0.15, 0.2) is 18.2 Å². The van der Waals surface area contributed by atoms with Gasteiger partial charge in [-0.05, 0) is 32.0 Å². The molecular weight excluding hydrogens is 242 g/mol. The van der Waals surface area contributed by atoms with Crippen molar-refractivity contribution >= 4 is 16.8 Å². The lowest BCUT2D eigenvalue weighted by Gasteiger charge is -2.11. The smallest absolute Gasteiger partial charge is 0.253 e. The summed E-state index contributed by atoms with van der Waals surface area (Å²) in [5.74, 6) is 0.613. The van der Waals surface area contributed by atoms with Crippen LogP contribution >= 0.6 is 0 Å². The number of aromatic amines is 1. The molecule has 0 saturated carbocycles. The molecule has 19 heavy (non-hydrogen) atoms. The predicted molar refractivity (Wildman–Crippen MR) is 75.6 cm³/mol. The normalized spacial score (nSPS) is 12.4. The number of aromatic nitrogens is 1. The molecule has 0 aliphatic heterocycles. The molecular formula is C14H19N3O2. The SMILES string of the molecule is COc1ccc2[nH]c(C)c(C(=O)NC(C)CN)c2c1. The molecule has 4 N–H and O–H groups in total.